The first-order chi connectivity index (χ1) is 17.7. The molecular weight excluding hydrogens is 490 g/mol. The molecule has 2 heterocycles. The van der Waals surface area contributed by atoms with Gasteiger partial charge < -0.3 is 14.2 Å². The van der Waals surface area contributed by atoms with Crippen LogP contribution in [0.5, 0.6) is 5.75 Å². The van der Waals surface area contributed by atoms with E-state index in [4.69, 9.17) is 19.2 Å². The van der Waals surface area contributed by atoms with E-state index < -0.39 is 35.6 Å². The standard InChI is InChI=1S/C29H33NO6S/c1-7-35-28(32)23-16(4)30-22-14-21(18-10-9-11-19(13-18)34-6)25(29(33)36-8-2)27(31)26(22)24(23)20-12-15(3)37-17(20)5/h9-13,21,24-26H,7-8,14H2,1-6H3/t21-,24-,25+,26?/m1/s1. The number of carbonyl (C=O) groups excluding carboxylic acids is 3. The first-order valence-electron chi connectivity index (χ1n) is 12.6. The molecule has 196 valence electrons. The van der Waals surface area contributed by atoms with Crippen molar-refractivity contribution >= 4 is 34.8 Å². The second-order valence-corrected chi connectivity index (χ2v) is 10.8. The van der Waals surface area contributed by atoms with Gasteiger partial charge in [-0.25, -0.2) is 4.79 Å². The van der Waals surface area contributed by atoms with Crippen molar-refractivity contribution < 1.29 is 28.6 Å². The molecule has 0 saturated heterocycles. The maximum absolute atomic E-state index is 14.4. The number of hydrogen-bond acceptors (Lipinski definition) is 8. The molecule has 37 heavy (non-hydrogen) atoms. The van der Waals surface area contributed by atoms with Crippen LogP contribution in [0.25, 0.3) is 0 Å². The molecule has 2 aliphatic rings. The minimum atomic E-state index is -1.03. The average molecular weight is 524 g/mol. The van der Waals surface area contributed by atoms with Gasteiger partial charge in [0.05, 0.1) is 31.8 Å². The molecule has 7 nitrogen and oxygen atoms in total. The molecule has 1 aromatic carbocycles. The van der Waals surface area contributed by atoms with Gasteiger partial charge in [0.1, 0.15) is 11.7 Å². The highest BCUT2D eigenvalue weighted by atomic mass is 32.1. The molecule has 0 spiro atoms. The number of thiophene rings is 1. The zero-order chi connectivity index (χ0) is 26.9. The summed E-state index contributed by atoms with van der Waals surface area (Å²) < 4.78 is 16.2. The Morgan fingerprint density at radius 2 is 1.78 bits per heavy atom. The molecule has 1 aliphatic carbocycles. The Morgan fingerprint density at radius 3 is 2.41 bits per heavy atom. The predicted molar refractivity (Wildman–Crippen MR) is 142 cm³/mol. The van der Waals surface area contributed by atoms with E-state index >= 15 is 0 Å². The molecule has 0 N–H and O–H groups in total. The number of aliphatic imine (C=N–C) groups is 1. The summed E-state index contributed by atoms with van der Waals surface area (Å²) in [5, 5.41) is 0. The molecule has 8 heteroatoms. The molecule has 2 aromatic rings. The number of methoxy groups -OCH3 is 1. The summed E-state index contributed by atoms with van der Waals surface area (Å²) in [6, 6.07) is 9.45. The topological polar surface area (TPSA) is 91.3 Å². The van der Waals surface area contributed by atoms with Gasteiger partial charge in [0.2, 0.25) is 0 Å². The van der Waals surface area contributed by atoms with Crippen molar-refractivity contribution in [2.75, 3.05) is 20.3 Å². The fraction of sp³-hybridized carbons (Fsp3) is 0.448. The lowest BCUT2D eigenvalue weighted by Crippen LogP contribution is -2.48. The largest absolute Gasteiger partial charge is 0.497 e. The van der Waals surface area contributed by atoms with Crippen LogP contribution in [0.15, 0.2) is 46.6 Å². The van der Waals surface area contributed by atoms with Crippen LogP contribution in [0.2, 0.25) is 0 Å². The molecule has 0 radical (unpaired) electrons. The summed E-state index contributed by atoms with van der Waals surface area (Å²) in [4.78, 5) is 47.8. The van der Waals surface area contributed by atoms with Crippen molar-refractivity contribution in [3.8, 4) is 5.75 Å². The summed E-state index contributed by atoms with van der Waals surface area (Å²) in [5.41, 5.74) is 3.32. The third kappa shape index (κ3) is 4.99. The van der Waals surface area contributed by atoms with Gasteiger partial charge in [0.15, 0.2) is 5.78 Å². The number of hydrogen-bond donors (Lipinski definition) is 0. The number of rotatable bonds is 7. The van der Waals surface area contributed by atoms with Crippen LogP contribution >= 0.6 is 11.3 Å². The zero-order valence-corrected chi connectivity index (χ0v) is 22.9. The maximum atomic E-state index is 14.4. The van der Waals surface area contributed by atoms with E-state index in [0.29, 0.717) is 29.2 Å². The van der Waals surface area contributed by atoms with Gasteiger partial charge >= 0.3 is 11.9 Å². The van der Waals surface area contributed by atoms with Crippen molar-refractivity contribution in [1.29, 1.82) is 0 Å². The number of nitrogens with zero attached hydrogens (tertiary/aromatic N) is 1. The summed E-state index contributed by atoms with van der Waals surface area (Å²) in [5.74, 6) is -3.49. The number of fused-ring (bicyclic) bond motifs is 1. The normalized spacial score (nSPS) is 23.3. The fourth-order valence-corrected chi connectivity index (χ4v) is 6.61. The van der Waals surface area contributed by atoms with Crippen molar-refractivity contribution in [1.82, 2.24) is 0 Å². The minimum absolute atomic E-state index is 0.165. The number of esters is 2. The predicted octanol–water partition coefficient (Wildman–Crippen LogP) is 5.30. The number of benzene rings is 1. The number of Topliss-reactive ketones (excluding diaryl/α,β-unsaturated/α-hetero) is 1. The average Bonchev–Trinajstić information content (AvgIpc) is 3.20. The van der Waals surface area contributed by atoms with Crippen molar-refractivity contribution in [3.63, 3.8) is 0 Å². The van der Waals surface area contributed by atoms with E-state index in [1.165, 1.54) is 0 Å². The fourth-order valence-electron chi connectivity index (χ4n) is 5.64. The van der Waals surface area contributed by atoms with Gasteiger partial charge in [0, 0.05) is 33.0 Å². The molecule has 1 aliphatic heterocycles. The number of allylic oxidation sites excluding steroid dienone is 1. The van der Waals surface area contributed by atoms with E-state index in [-0.39, 0.29) is 19.0 Å². The molecule has 0 amide bonds. The van der Waals surface area contributed by atoms with E-state index in [0.717, 1.165) is 20.9 Å². The highest BCUT2D eigenvalue weighted by Gasteiger charge is 2.53. The van der Waals surface area contributed by atoms with E-state index in [2.05, 4.69) is 0 Å². The highest BCUT2D eigenvalue weighted by molar-refractivity contribution is 7.12. The van der Waals surface area contributed by atoms with Crippen LogP contribution in [0.3, 0.4) is 0 Å². The minimum Gasteiger partial charge on any atom is -0.497 e. The Labute approximate surface area is 221 Å². The molecule has 4 rings (SSSR count). The van der Waals surface area contributed by atoms with Gasteiger partial charge in [0.25, 0.3) is 0 Å². The first-order valence-corrected chi connectivity index (χ1v) is 13.4. The molecule has 1 aromatic heterocycles. The van der Waals surface area contributed by atoms with E-state index in [1.54, 1.807) is 39.2 Å². The van der Waals surface area contributed by atoms with Crippen molar-refractivity contribution in [2.24, 2.45) is 16.8 Å². The molecule has 1 saturated carbocycles. The summed E-state index contributed by atoms with van der Waals surface area (Å²) >= 11 is 1.62. The number of ether oxygens (including phenoxy) is 3. The van der Waals surface area contributed by atoms with Gasteiger partial charge in [-0.3, -0.25) is 14.6 Å². The lowest BCUT2D eigenvalue weighted by atomic mass is 9.62. The van der Waals surface area contributed by atoms with E-state index in [9.17, 15) is 14.4 Å². The summed E-state index contributed by atoms with van der Waals surface area (Å²) in [7, 11) is 1.58. The van der Waals surface area contributed by atoms with Gasteiger partial charge in [-0.1, -0.05) is 12.1 Å². The first kappa shape index (κ1) is 26.8. The number of carbonyl (C=O) groups is 3. The van der Waals surface area contributed by atoms with Gasteiger partial charge in [-0.15, -0.1) is 11.3 Å². The smallest absolute Gasteiger partial charge is 0.336 e. The van der Waals surface area contributed by atoms with Crippen molar-refractivity contribution in [2.45, 2.75) is 52.9 Å². The maximum Gasteiger partial charge on any atom is 0.336 e. The molecular formula is C29H33NO6S. The highest BCUT2D eigenvalue weighted by Crippen LogP contribution is 2.50. The molecule has 1 fully saturated rings. The Hall–Kier alpha value is -3.26. The van der Waals surface area contributed by atoms with Crippen LogP contribution in [-0.4, -0.2) is 43.8 Å². The third-order valence-corrected chi connectivity index (χ3v) is 8.10. The Morgan fingerprint density at radius 1 is 1.05 bits per heavy atom. The lowest BCUT2D eigenvalue weighted by molar-refractivity contribution is -0.153. The Balaban J connectivity index is 1.90. The van der Waals surface area contributed by atoms with Crippen LogP contribution in [0.1, 0.15) is 59.9 Å². The Kier molecular flexibility index (Phi) is 7.97. The third-order valence-electron chi connectivity index (χ3n) is 7.12. The van der Waals surface area contributed by atoms with Crippen LogP contribution in [-0.2, 0) is 23.9 Å². The lowest BCUT2D eigenvalue weighted by Gasteiger charge is -2.41. The van der Waals surface area contributed by atoms with Gasteiger partial charge in [-0.05, 0) is 70.4 Å². The quantitative estimate of drug-likeness (QED) is 0.361. The van der Waals surface area contributed by atoms with Crippen LogP contribution in [0.4, 0.5) is 0 Å². The van der Waals surface area contributed by atoms with Gasteiger partial charge in [-0.2, -0.15) is 0 Å². The van der Waals surface area contributed by atoms with Crippen LogP contribution < -0.4 is 4.74 Å². The van der Waals surface area contributed by atoms with Crippen LogP contribution in [0, 0.1) is 25.7 Å². The van der Waals surface area contributed by atoms with Crippen molar-refractivity contribution in [3.05, 3.63) is 62.5 Å². The second-order valence-electron chi connectivity index (χ2n) is 9.37. The summed E-state index contributed by atoms with van der Waals surface area (Å²) in [6.45, 7) is 9.64. The Bertz CT molecular complexity index is 1290. The zero-order valence-electron chi connectivity index (χ0n) is 22.1. The second kappa shape index (κ2) is 11.0. The molecule has 0 bridgehead atoms. The van der Waals surface area contributed by atoms with E-state index in [1.807, 2.05) is 44.2 Å². The molecule has 4 atom stereocenters. The monoisotopic (exact) mass is 523 g/mol. The SMILES string of the molecule is CCOC(=O)C1=C(C)N=C2C[C@H](c3cccc(OC)c3)[C@H](C(=O)OCC)C(=O)C2[C@@H]1c1cc(C)sc1C. The molecule has 1 unspecified atom stereocenters. The number of ketones is 1. The summed E-state index contributed by atoms with van der Waals surface area (Å²) in [6.07, 6.45) is 0.388. The number of aryl methyl sites for hydroxylation is 2.